The number of allylic oxidation sites excluding steroid dienone is 1. The van der Waals surface area contributed by atoms with Crippen LogP contribution in [0.3, 0.4) is 0 Å². The van der Waals surface area contributed by atoms with Crippen LogP contribution < -0.4 is 4.74 Å². The second kappa shape index (κ2) is 9.05. The number of carbonyl (C=O) groups excluding carboxylic acids is 1. The fraction of sp³-hybridized carbons (Fsp3) is 0.0385. The van der Waals surface area contributed by atoms with E-state index in [2.05, 4.69) is 4.98 Å². The molecule has 0 aliphatic rings. The second-order valence-corrected chi connectivity index (χ2v) is 6.90. The first-order valence-electron chi connectivity index (χ1n) is 9.72. The fourth-order valence-corrected chi connectivity index (χ4v) is 3.17. The molecule has 0 radical (unpaired) electrons. The summed E-state index contributed by atoms with van der Waals surface area (Å²) in [6.07, 6.45) is 3.02. The number of hydrogen-bond acceptors (Lipinski definition) is 4. The minimum atomic E-state index is -1.13. The van der Waals surface area contributed by atoms with Crippen LogP contribution in [-0.4, -0.2) is 21.8 Å². The van der Waals surface area contributed by atoms with Crippen molar-refractivity contribution in [1.82, 2.24) is 4.98 Å². The molecule has 0 aliphatic carbocycles. The van der Waals surface area contributed by atoms with E-state index < -0.39 is 5.97 Å². The van der Waals surface area contributed by atoms with E-state index >= 15 is 0 Å². The Balaban J connectivity index is 1.40. The van der Waals surface area contributed by atoms with Crippen molar-refractivity contribution in [2.45, 2.75) is 6.61 Å². The molecule has 0 saturated heterocycles. The molecule has 1 heterocycles. The molecule has 1 N–H and O–H groups in total. The largest absolute Gasteiger partial charge is 0.487 e. The normalized spacial score (nSPS) is 11.0. The quantitative estimate of drug-likeness (QED) is 0.326. The number of fused-ring (bicyclic) bond motifs is 1. The van der Waals surface area contributed by atoms with Crippen LogP contribution in [0, 0.1) is 0 Å². The van der Waals surface area contributed by atoms with Gasteiger partial charge in [-0.25, -0.2) is 9.78 Å². The highest BCUT2D eigenvalue weighted by atomic mass is 16.5. The van der Waals surface area contributed by atoms with Crippen molar-refractivity contribution in [3.63, 3.8) is 0 Å². The number of hydrogen-bond donors (Lipinski definition) is 1. The molecule has 3 aromatic carbocycles. The van der Waals surface area contributed by atoms with Crippen molar-refractivity contribution in [2.75, 3.05) is 0 Å². The van der Waals surface area contributed by atoms with Gasteiger partial charge < -0.3 is 9.84 Å². The highest BCUT2D eigenvalue weighted by Crippen LogP contribution is 2.17. The SMILES string of the molecule is O=C(O)c1ccccc1C(=O)C=Cc1ccc(OCc2ccc3ccccc3n2)cc1. The minimum absolute atomic E-state index is 0.0109. The van der Waals surface area contributed by atoms with E-state index in [-0.39, 0.29) is 16.9 Å². The monoisotopic (exact) mass is 409 g/mol. The lowest BCUT2D eigenvalue weighted by molar-refractivity contribution is 0.0693. The number of aromatic nitrogens is 1. The van der Waals surface area contributed by atoms with Gasteiger partial charge in [0.1, 0.15) is 12.4 Å². The third-order valence-corrected chi connectivity index (χ3v) is 4.77. The van der Waals surface area contributed by atoms with Crippen LogP contribution in [0.2, 0.25) is 0 Å². The predicted octanol–water partition coefficient (Wildman–Crippen LogP) is 5.41. The summed E-state index contributed by atoms with van der Waals surface area (Å²) in [5.74, 6) is -0.796. The van der Waals surface area contributed by atoms with Crippen molar-refractivity contribution in [1.29, 1.82) is 0 Å². The van der Waals surface area contributed by atoms with Gasteiger partial charge in [-0.05, 0) is 42.0 Å². The third kappa shape index (κ3) is 4.85. The Bertz CT molecular complexity index is 1280. The van der Waals surface area contributed by atoms with Crippen LogP contribution in [0.25, 0.3) is 17.0 Å². The second-order valence-electron chi connectivity index (χ2n) is 6.90. The maximum atomic E-state index is 12.4. The Morgan fingerprint density at radius 2 is 1.55 bits per heavy atom. The van der Waals surface area contributed by atoms with E-state index in [1.807, 2.05) is 60.7 Å². The molecule has 5 nitrogen and oxygen atoms in total. The number of benzene rings is 3. The topological polar surface area (TPSA) is 76.5 Å². The van der Waals surface area contributed by atoms with E-state index in [4.69, 9.17) is 4.74 Å². The standard InChI is InChI=1S/C26H19NO4/c28-25(22-6-2-3-7-23(22)26(29)30)16-11-18-9-14-21(15-10-18)31-17-20-13-12-19-5-1-4-8-24(19)27-20/h1-16H,17H2,(H,29,30). The lowest BCUT2D eigenvalue weighted by atomic mass is 10.0. The first-order valence-corrected chi connectivity index (χ1v) is 9.72. The molecule has 4 rings (SSSR count). The molecule has 0 fully saturated rings. The Labute approximate surface area is 179 Å². The molecule has 1 aromatic heterocycles. The van der Waals surface area contributed by atoms with Crippen molar-refractivity contribution in [3.05, 3.63) is 113 Å². The summed E-state index contributed by atoms with van der Waals surface area (Å²) >= 11 is 0. The molecule has 0 aliphatic heterocycles. The van der Waals surface area contributed by atoms with Gasteiger partial charge in [-0.15, -0.1) is 0 Å². The molecule has 152 valence electrons. The van der Waals surface area contributed by atoms with Gasteiger partial charge in [-0.2, -0.15) is 0 Å². The zero-order valence-corrected chi connectivity index (χ0v) is 16.6. The number of para-hydroxylation sites is 1. The van der Waals surface area contributed by atoms with Crippen LogP contribution in [0.5, 0.6) is 5.75 Å². The van der Waals surface area contributed by atoms with Gasteiger partial charge in [0.25, 0.3) is 0 Å². The molecular formula is C26H19NO4. The van der Waals surface area contributed by atoms with Crippen molar-refractivity contribution < 1.29 is 19.4 Å². The Kier molecular flexibility index (Phi) is 5.85. The Morgan fingerprint density at radius 1 is 0.839 bits per heavy atom. The van der Waals surface area contributed by atoms with E-state index in [0.29, 0.717) is 12.4 Å². The number of carboxylic acid groups (broad SMARTS) is 1. The molecule has 0 amide bonds. The number of pyridine rings is 1. The van der Waals surface area contributed by atoms with Crippen LogP contribution in [0.4, 0.5) is 0 Å². The van der Waals surface area contributed by atoms with Crippen molar-refractivity contribution in [3.8, 4) is 5.75 Å². The summed E-state index contributed by atoms with van der Waals surface area (Å²) in [4.78, 5) is 28.2. The maximum Gasteiger partial charge on any atom is 0.336 e. The van der Waals surface area contributed by atoms with Gasteiger partial charge in [0.15, 0.2) is 5.78 Å². The van der Waals surface area contributed by atoms with E-state index in [1.165, 1.54) is 18.2 Å². The molecule has 0 atom stereocenters. The van der Waals surface area contributed by atoms with Crippen LogP contribution >= 0.6 is 0 Å². The van der Waals surface area contributed by atoms with E-state index in [9.17, 15) is 14.7 Å². The Hall–Kier alpha value is -4.25. The van der Waals surface area contributed by atoms with Gasteiger partial charge >= 0.3 is 5.97 Å². The maximum absolute atomic E-state index is 12.4. The summed E-state index contributed by atoms with van der Waals surface area (Å²) in [7, 11) is 0. The summed E-state index contributed by atoms with van der Waals surface area (Å²) < 4.78 is 5.81. The van der Waals surface area contributed by atoms with E-state index in [0.717, 1.165) is 22.2 Å². The number of aromatic carboxylic acids is 1. The fourth-order valence-electron chi connectivity index (χ4n) is 3.17. The van der Waals surface area contributed by atoms with Crippen LogP contribution in [-0.2, 0) is 6.61 Å². The number of ketones is 1. The molecule has 0 saturated carbocycles. The van der Waals surface area contributed by atoms with Gasteiger partial charge in [0.2, 0.25) is 0 Å². The summed E-state index contributed by atoms with van der Waals surface area (Å²) in [5.41, 5.74) is 2.72. The lowest BCUT2D eigenvalue weighted by Crippen LogP contribution is -2.06. The minimum Gasteiger partial charge on any atom is -0.487 e. The summed E-state index contributed by atoms with van der Waals surface area (Å²) in [6.45, 7) is 0.352. The van der Waals surface area contributed by atoms with Gasteiger partial charge in [-0.1, -0.05) is 60.7 Å². The number of ether oxygens (including phenoxy) is 1. The van der Waals surface area contributed by atoms with Crippen molar-refractivity contribution >= 4 is 28.7 Å². The molecule has 0 bridgehead atoms. The smallest absolute Gasteiger partial charge is 0.336 e. The van der Waals surface area contributed by atoms with Gasteiger partial charge in [-0.3, -0.25) is 4.79 Å². The Morgan fingerprint density at radius 3 is 2.32 bits per heavy atom. The molecule has 0 spiro atoms. The number of nitrogens with zero attached hydrogens (tertiary/aromatic N) is 1. The van der Waals surface area contributed by atoms with Crippen LogP contribution in [0.1, 0.15) is 32.0 Å². The van der Waals surface area contributed by atoms with Crippen LogP contribution in [0.15, 0.2) is 91.0 Å². The summed E-state index contributed by atoms with van der Waals surface area (Å²) in [5, 5.41) is 10.3. The third-order valence-electron chi connectivity index (χ3n) is 4.77. The average molecular weight is 409 g/mol. The predicted molar refractivity (Wildman–Crippen MR) is 119 cm³/mol. The molecule has 4 aromatic rings. The summed E-state index contributed by atoms with van der Waals surface area (Å²) in [6, 6.07) is 25.3. The number of carbonyl (C=O) groups is 2. The average Bonchev–Trinajstić information content (AvgIpc) is 2.81. The zero-order chi connectivity index (χ0) is 21.6. The van der Waals surface area contributed by atoms with Gasteiger partial charge in [0.05, 0.1) is 16.8 Å². The molecule has 0 unspecified atom stereocenters. The molecule has 5 heteroatoms. The molecule has 31 heavy (non-hydrogen) atoms. The number of carboxylic acids is 1. The highest BCUT2D eigenvalue weighted by Gasteiger charge is 2.13. The van der Waals surface area contributed by atoms with Crippen molar-refractivity contribution in [2.24, 2.45) is 0 Å². The highest BCUT2D eigenvalue weighted by molar-refractivity contribution is 6.12. The zero-order valence-electron chi connectivity index (χ0n) is 16.6. The van der Waals surface area contributed by atoms with Gasteiger partial charge in [0, 0.05) is 10.9 Å². The first-order chi connectivity index (χ1) is 15.1. The number of rotatable bonds is 7. The lowest BCUT2D eigenvalue weighted by Gasteiger charge is -2.07. The molecular weight excluding hydrogens is 390 g/mol. The first kappa shape index (κ1) is 20.0. The van der Waals surface area contributed by atoms with E-state index in [1.54, 1.807) is 18.2 Å².